The van der Waals surface area contributed by atoms with E-state index in [-0.39, 0.29) is 0 Å². The predicted molar refractivity (Wildman–Crippen MR) is 244 cm³/mol. The minimum Gasteiger partial charge on any atom is -0.228 e. The first-order chi connectivity index (χ1) is 29.3. The highest BCUT2D eigenvalue weighted by Gasteiger charge is 2.46. The minimum atomic E-state index is -0.492. The third kappa shape index (κ3) is 5.80. The van der Waals surface area contributed by atoms with Crippen molar-refractivity contribution in [3.63, 3.8) is 0 Å². The van der Waals surface area contributed by atoms with Crippen molar-refractivity contribution in [2.24, 2.45) is 0 Å². The summed E-state index contributed by atoms with van der Waals surface area (Å²) >= 11 is 0. The zero-order chi connectivity index (χ0) is 39.2. The van der Waals surface area contributed by atoms with E-state index in [4.69, 9.17) is 9.97 Å². The van der Waals surface area contributed by atoms with Crippen molar-refractivity contribution in [2.45, 2.75) is 5.41 Å². The maximum absolute atomic E-state index is 5.26. The van der Waals surface area contributed by atoms with E-state index in [0.29, 0.717) is 5.82 Å². The molecule has 0 amide bonds. The fourth-order valence-corrected chi connectivity index (χ4v) is 9.32. The van der Waals surface area contributed by atoms with Gasteiger partial charge in [-0.3, -0.25) is 0 Å². The predicted octanol–water partition coefficient (Wildman–Crippen LogP) is 14.3. The van der Waals surface area contributed by atoms with Gasteiger partial charge in [-0.15, -0.1) is 0 Å². The van der Waals surface area contributed by atoms with Gasteiger partial charge in [0.05, 0.1) is 16.6 Å². The van der Waals surface area contributed by atoms with Crippen LogP contribution in [0.3, 0.4) is 0 Å². The molecule has 276 valence electrons. The topological polar surface area (TPSA) is 25.8 Å². The molecule has 11 rings (SSSR count). The van der Waals surface area contributed by atoms with Crippen LogP contribution in [0.1, 0.15) is 22.3 Å². The van der Waals surface area contributed by atoms with Gasteiger partial charge in [-0.25, -0.2) is 9.97 Å². The maximum Gasteiger partial charge on any atom is 0.160 e. The van der Waals surface area contributed by atoms with Crippen LogP contribution < -0.4 is 0 Å². The Balaban J connectivity index is 1.02. The summed E-state index contributed by atoms with van der Waals surface area (Å²) in [5.74, 6) is 0.706. The van der Waals surface area contributed by atoms with Gasteiger partial charge < -0.3 is 0 Å². The van der Waals surface area contributed by atoms with E-state index >= 15 is 0 Å². The molecule has 0 saturated carbocycles. The van der Waals surface area contributed by atoms with Crippen molar-refractivity contribution in [2.75, 3.05) is 0 Å². The number of para-hydroxylation sites is 1. The number of aromatic nitrogens is 2. The Labute approximate surface area is 344 Å². The molecular weight excluding hydrogens is 713 g/mol. The fourth-order valence-electron chi connectivity index (χ4n) is 9.32. The largest absolute Gasteiger partial charge is 0.228 e. The van der Waals surface area contributed by atoms with E-state index < -0.39 is 5.41 Å². The lowest BCUT2D eigenvalue weighted by molar-refractivity contribution is 0.770. The van der Waals surface area contributed by atoms with E-state index in [2.05, 4.69) is 218 Å². The monoisotopic (exact) mass is 750 g/mol. The molecule has 0 atom stereocenters. The number of hydrogen-bond acceptors (Lipinski definition) is 2. The lowest BCUT2D eigenvalue weighted by atomic mass is 9.66. The Morgan fingerprint density at radius 3 is 1.42 bits per heavy atom. The average molecular weight is 751 g/mol. The Kier molecular flexibility index (Phi) is 8.41. The van der Waals surface area contributed by atoms with Crippen molar-refractivity contribution in [3.05, 3.63) is 253 Å². The van der Waals surface area contributed by atoms with E-state index in [1.165, 1.54) is 55.6 Å². The first-order valence-corrected chi connectivity index (χ1v) is 20.2. The fraction of sp³-hybridized carbons (Fsp3) is 0.0175. The molecule has 1 heterocycles. The summed E-state index contributed by atoms with van der Waals surface area (Å²) in [7, 11) is 0. The number of benzene rings is 9. The Morgan fingerprint density at radius 2 is 0.746 bits per heavy atom. The van der Waals surface area contributed by atoms with Crippen LogP contribution in [0.4, 0.5) is 0 Å². The molecule has 1 aromatic heterocycles. The molecule has 0 fully saturated rings. The maximum atomic E-state index is 5.26. The molecule has 10 aromatic rings. The molecule has 2 heteroatoms. The van der Waals surface area contributed by atoms with Gasteiger partial charge in [0, 0.05) is 16.5 Å². The number of nitrogens with zero attached hydrogens (tertiary/aromatic N) is 2. The van der Waals surface area contributed by atoms with Gasteiger partial charge in [0.2, 0.25) is 0 Å². The van der Waals surface area contributed by atoms with Crippen molar-refractivity contribution in [1.82, 2.24) is 9.97 Å². The van der Waals surface area contributed by atoms with Crippen molar-refractivity contribution >= 4 is 10.9 Å². The Morgan fingerprint density at radius 1 is 0.288 bits per heavy atom. The minimum absolute atomic E-state index is 0.492. The van der Waals surface area contributed by atoms with E-state index in [0.717, 1.165) is 38.9 Å². The Hall–Kier alpha value is -7.68. The van der Waals surface area contributed by atoms with Crippen LogP contribution in [0.2, 0.25) is 0 Å². The van der Waals surface area contributed by atoms with Gasteiger partial charge in [-0.05, 0) is 85.0 Å². The van der Waals surface area contributed by atoms with Crippen molar-refractivity contribution in [1.29, 1.82) is 0 Å². The summed E-state index contributed by atoms with van der Waals surface area (Å²) in [6.45, 7) is 0. The summed E-state index contributed by atoms with van der Waals surface area (Å²) in [6.07, 6.45) is 0. The van der Waals surface area contributed by atoms with Crippen molar-refractivity contribution < 1.29 is 0 Å². The number of fused-ring (bicyclic) bond motifs is 4. The van der Waals surface area contributed by atoms with Crippen molar-refractivity contribution in [3.8, 4) is 67.2 Å². The van der Waals surface area contributed by atoms with Crippen LogP contribution >= 0.6 is 0 Å². The van der Waals surface area contributed by atoms with Gasteiger partial charge in [0.15, 0.2) is 5.82 Å². The second-order valence-corrected chi connectivity index (χ2v) is 15.3. The zero-order valence-corrected chi connectivity index (χ0v) is 32.3. The molecule has 2 nitrogen and oxygen atoms in total. The average Bonchev–Trinajstić information content (AvgIpc) is 3.63. The molecule has 0 saturated heterocycles. The molecule has 1 aliphatic rings. The molecule has 0 unspecified atom stereocenters. The van der Waals surface area contributed by atoms with Crippen LogP contribution in [0.15, 0.2) is 231 Å². The molecule has 1 aliphatic carbocycles. The molecule has 0 radical (unpaired) electrons. The van der Waals surface area contributed by atoms with Crippen LogP contribution in [-0.4, -0.2) is 9.97 Å². The lowest BCUT2D eigenvalue weighted by Crippen LogP contribution is -2.29. The van der Waals surface area contributed by atoms with Gasteiger partial charge in [0.25, 0.3) is 0 Å². The highest BCUT2D eigenvalue weighted by atomic mass is 14.9. The molecule has 0 N–H and O–H groups in total. The second kappa shape index (κ2) is 14.4. The van der Waals surface area contributed by atoms with Crippen LogP contribution in [0, 0.1) is 0 Å². The summed E-state index contributed by atoms with van der Waals surface area (Å²) < 4.78 is 0. The molecule has 59 heavy (non-hydrogen) atoms. The molecule has 0 aliphatic heterocycles. The zero-order valence-electron chi connectivity index (χ0n) is 32.3. The van der Waals surface area contributed by atoms with Crippen LogP contribution in [-0.2, 0) is 5.41 Å². The SMILES string of the molecule is c1ccc(-c2ccc(-c3nc(-c4cccc(-c5cccc(-c6ccccc6C6(c7ccccc7)c7ccccc7-c7ccccc76)c5)c4)nc4ccccc34)cc2)cc1. The highest BCUT2D eigenvalue weighted by molar-refractivity contribution is 5.94. The number of rotatable bonds is 7. The summed E-state index contributed by atoms with van der Waals surface area (Å²) in [6, 6.07) is 83.0. The van der Waals surface area contributed by atoms with Gasteiger partial charge in [0.1, 0.15) is 0 Å². The third-order valence-corrected chi connectivity index (χ3v) is 12.0. The molecule has 0 bridgehead atoms. The molecule has 0 spiro atoms. The van der Waals surface area contributed by atoms with E-state index in [1.807, 2.05) is 12.1 Å². The highest BCUT2D eigenvalue weighted by Crippen LogP contribution is 2.57. The summed E-state index contributed by atoms with van der Waals surface area (Å²) in [4.78, 5) is 10.4. The van der Waals surface area contributed by atoms with E-state index in [9.17, 15) is 0 Å². The Bertz CT molecular complexity index is 3100. The van der Waals surface area contributed by atoms with Gasteiger partial charge in [-0.1, -0.05) is 212 Å². The number of hydrogen-bond donors (Lipinski definition) is 0. The lowest BCUT2D eigenvalue weighted by Gasteiger charge is -2.35. The summed E-state index contributed by atoms with van der Waals surface area (Å²) in [5, 5.41) is 1.03. The normalized spacial score (nSPS) is 12.5. The molecule has 9 aromatic carbocycles. The quantitative estimate of drug-likeness (QED) is 0.162. The first-order valence-electron chi connectivity index (χ1n) is 20.2. The van der Waals surface area contributed by atoms with Gasteiger partial charge in [-0.2, -0.15) is 0 Å². The molecular formula is C57H38N2. The second-order valence-electron chi connectivity index (χ2n) is 15.3. The van der Waals surface area contributed by atoms with E-state index in [1.54, 1.807) is 0 Å². The van der Waals surface area contributed by atoms with Crippen LogP contribution in [0.5, 0.6) is 0 Å². The summed E-state index contributed by atoms with van der Waals surface area (Å²) in [5.41, 5.74) is 18.1. The third-order valence-electron chi connectivity index (χ3n) is 12.0. The standard InChI is InChI=1S/C57H38N2/c1-3-17-39(18-4-1)40-33-35-41(36-34-40)55-50-28-10-14-32-54(50)58-56(59-55)45-22-16-20-43(38-45)42-19-15-21-44(37-42)47-25-7-11-29-51(47)57(46-23-5-2-6-24-46)52-30-12-8-26-48(52)49-27-9-13-31-53(49)57/h1-38H. The first kappa shape index (κ1) is 34.6. The van der Waals surface area contributed by atoms with Crippen LogP contribution in [0.25, 0.3) is 78.1 Å². The van der Waals surface area contributed by atoms with Gasteiger partial charge >= 0.3 is 0 Å². The smallest absolute Gasteiger partial charge is 0.160 e.